The number of alkyl halides is 3. The summed E-state index contributed by atoms with van der Waals surface area (Å²) in [6, 6.07) is 11.9. The fraction of sp³-hybridized carbons (Fsp3) is 0.351. The lowest BCUT2D eigenvalue weighted by Crippen LogP contribution is -2.53. The molecule has 4 amide bonds. The summed E-state index contributed by atoms with van der Waals surface area (Å²) in [5, 5.41) is 21.3. The predicted molar refractivity (Wildman–Crippen MR) is 183 cm³/mol. The lowest BCUT2D eigenvalue weighted by atomic mass is 9.49. The first-order valence-corrected chi connectivity index (χ1v) is 17.5. The molecule has 3 aromatic rings. The highest BCUT2D eigenvalue weighted by Gasteiger charge is 2.70. The molecule has 1 saturated carbocycles. The first kappa shape index (κ1) is 36.4. The molecule has 2 aliphatic carbocycles. The van der Waals surface area contributed by atoms with Gasteiger partial charge >= 0.3 is 12.1 Å². The number of phenols is 1. The zero-order valence-electron chi connectivity index (χ0n) is 27.9. The Hall–Kier alpha value is -4.95. The molecule has 0 bridgehead atoms. The standard InChI is InChI=1S/C37H31Cl2F3N4O7/c1-17-4-2-5-23(30(17)49)29-21-11-12-22-28(34(52)45(32(22)50)13-3-6-27(47)48)24(21)15-25-33(51)46(35(53)36(25,29)18-7-9-20(38)10-8-18)44-31-26(39)14-19(16-43-31)37(40,41)42/h2,4-5,7-11,14,16,22,24-25,28-29,49H,3,6,12-13,15H2,1H3,(H,43,44)(H,47,48). The summed E-state index contributed by atoms with van der Waals surface area (Å²) in [6.45, 7) is 1.56. The maximum Gasteiger partial charge on any atom is 0.417 e. The number of nitrogens with zero attached hydrogens (tertiary/aromatic N) is 3. The van der Waals surface area contributed by atoms with Crippen molar-refractivity contribution >= 4 is 58.6 Å². The van der Waals surface area contributed by atoms with E-state index in [1.165, 1.54) is 0 Å². The van der Waals surface area contributed by atoms with Crippen LogP contribution in [0.1, 0.15) is 53.9 Å². The largest absolute Gasteiger partial charge is 0.507 e. The van der Waals surface area contributed by atoms with Gasteiger partial charge in [0.15, 0.2) is 5.82 Å². The molecular weight excluding hydrogens is 740 g/mol. The molecule has 11 nitrogen and oxygen atoms in total. The number of likely N-dealkylation sites (tertiary alicyclic amines) is 1. The Morgan fingerprint density at radius 3 is 2.42 bits per heavy atom. The number of imide groups is 2. The van der Waals surface area contributed by atoms with E-state index in [9.17, 15) is 37.5 Å². The average Bonchev–Trinajstić information content (AvgIpc) is 3.47. The number of carboxylic acids is 1. The summed E-state index contributed by atoms with van der Waals surface area (Å²) < 4.78 is 40.3. The van der Waals surface area contributed by atoms with Gasteiger partial charge in [-0.1, -0.05) is 65.2 Å². The van der Waals surface area contributed by atoms with Gasteiger partial charge in [0, 0.05) is 35.7 Å². The van der Waals surface area contributed by atoms with Crippen molar-refractivity contribution in [3.05, 3.63) is 98.7 Å². The molecule has 1 aromatic heterocycles. The number of hydrogen-bond donors (Lipinski definition) is 3. The molecule has 6 atom stereocenters. The Labute approximate surface area is 310 Å². The second-order valence-corrected chi connectivity index (χ2v) is 14.6. The van der Waals surface area contributed by atoms with Crippen LogP contribution in [0.4, 0.5) is 19.0 Å². The second-order valence-electron chi connectivity index (χ2n) is 13.8. The molecule has 3 N–H and O–H groups in total. The number of aryl methyl sites for hydroxylation is 1. The number of carbonyl (C=O) groups excluding carboxylic acids is 4. The maximum atomic E-state index is 15.2. The molecule has 0 radical (unpaired) electrons. The van der Waals surface area contributed by atoms with E-state index in [-0.39, 0.29) is 43.5 Å². The monoisotopic (exact) mass is 770 g/mol. The SMILES string of the molecule is Cc1cccc(C2C3=CCC4C(=O)N(CCCC(=O)O)C(=O)C4C3CC3C(=O)N(Nc4ncc(C(F)(F)F)cc4Cl)C(=O)C32c2ccc(Cl)cc2)c1O. The molecule has 2 aromatic carbocycles. The number of aromatic hydroxyl groups is 1. The smallest absolute Gasteiger partial charge is 0.417 e. The highest BCUT2D eigenvalue weighted by Crippen LogP contribution is 2.65. The molecule has 4 aliphatic rings. The van der Waals surface area contributed by atoms with E-state index in [2.05, 4.69) is 10.4 Å². The number of hydrazine groups is 1. The zero-order valence-corrected chi connectivity index (χ0v) is 29.4. The number of hydrogen-bond acceptors (Lipinski definition) is 8. The van der Waals surface area contributed by atoms with Crippen LogP contribution in [0.2, 0.25) is 10.0 Å². The number of para-hydroxylation sites is 1. The number of aromatic nitrogens is 1. The number of carbonyl (C=O) groups is 5. The summed E-state index contributed by atoms with van der Waals surface area (Å²) in [5.41, 5.74) is 1.26. The Morgan fingerprint density at radius 2 is 1.75 bits per heavy atom. The van der Waals surface area contributed by atoms with Gasteiger partial charge < -0.3 is 10.2 Å². The van der Waals surface area contributed by atoms with Crippen molar-refractivity contribution in [1.29, 1.82) is 0 Å². The van der Waals surface area contributed by atoms with Gasteiger partial charge in [-0.3, -0.25) is 34.3 Å². The molecule has 7 rings (SSSR count). The minimum Gasteiger partial charge on any atom is -0.507 e. The Bertz CT molecular complexity index is 2110. The number of nitrogens with one attached hydrogen (secondary N) is 1. The van der Waals surface area contributed by atoms with Gasteiger partial charge in [-0.2, -0.15) is 18.2 Å². The Balaban J connectivity index is 1.40. The van der Waals surface area contributed by atoms with Crippen LogP contribution < -0.4 is 5.43 Å². The summed E-state index contributed by atoms with van der Waals surface area (Å²) in [5.74, 6) is -9.05. The quantitative estimate of drug-likeness (QED) is 0.177. The van der Waals surface area contributed by atoms with Gasteiger partial charge in [-0.15, -0.1) is 0 Å². The van der Waals surface area contributed by atoms with Crippen molar-refractivity contribution in [3.63, 3.8) is 0 Å². The number of amides is 4. The molecule has 2 aliphatic heterocycles. The molecule has 53 heavy (non-hydrogen) atoms. The van der Waals surface area contributed by atoms with E-state index in [4.69, 9.17) is 28.3 Å². The third kappa shape index (κ3) is 5.73. The van der Waals surface area contributed by atoms with Crippen LogP contribution in [0.15, 0.2) is 66.4 Å². The highest BCUT2D eigenvalue weighted by atomic mass is 35.5. The van der Waals surface area contributed by atoms with Crippen molar-refractivity contribution in [1.82, 2.24) is 14.9 Å². The van der Waals surface area contributed by atoms with Crippen LogP contribution in [0.5, 0.6) is 5.75 Å². The average molecular weight is 772 g/mol. The van der Waals surface area contributed by atoms with E-state index in [1.807, 2.05) is 0 Å². The summed E-state index contributed by atoms with van der Waals surface area (Å²) in [6.07, 6.45) is -2.66. The summed E-state index contributed by atoms with van der Waals surface area (Å²) in [4.78, 5) is 73.7. The predicted octanol–water partition coefficient (Wildman–Crippen LogP) is 6.27. The number of halogens is 5. The number of anilines is 1. The molecule has 276 valence electrons. The summed E-state index contributed by atoms with van der Waals surface area (Å²) >= 11 is 12.5. The van der Waals surface area contributed by atoms with Crippen molar-refractivity contribution in [3.8, 4) is 5.75 Å². The van der Waals surface area contributed by atoms with Gasteiger partial charge in [0.2, 0.25) is 11.8 Å². The molecule has 3 heterocycles. The number of rotatable bonds is 8. The zero-order chi connectivity index (χ0) is 38.1. The number of phenolic OH excluding ortho intramolecular Hbond substituents is 1. The number of benzene rings is 2. The molecule has 0 spiro atoms. The van der Waals surface area contributed by atoms with E-state index in [0.29, 0.717) is 39.0 Å². The van der Waals surface area contributed by atoms with Crippen LogP contribution in [0.25, 0.3) is 0 Å². The van der Waals surface area contributed by atoms with E-state index >= 15 is 4.79 Å². The maximum absolute atomic E-state index is 15.2. The van der Waals surface area contributed by atoms with Crippen LogP contribution in [0.3, 0.4) is 0 Å². The van der Waals surface area contributed by atoms with Crippen LogP contribution >= 0.6 is 23.2 Å². The molecule has 6 unspecified atom stereocenters. The van der Waals surface area contributed by atoms with E-state index in [1.54, 1.807) is 55.5 Å². The highest BCUT2D eigenvalue weighted by molar-refractivity contribution is 6.33. The van der Waals surface area contributed by atoms with Crippen LogP contribution in [-0.2, 0) is 35.6 Å². The molecule has 2 saturated heterocycles. The lowest BCUT2D eigenvalue weighted by Gasteiger charge is -2.50. The number of fused-ring (bicyclic) bond motifs is 4. The van der Waals surface area contributed by atoms with Crippen molar-refractivity contribution in [2.24, 2.45) is 23.7 Å². The first-order valence-electron chi connectivity index (χ1n) is 16.8. The van der Waals surface area contributed by atoms with Crippen molar-refractivity contribution < 1.29 is 47.4 Å². The number of pyridine rings is 1. The normalized spacial score (nSPS) is 26.7. The minimum absolute atomic E-state index is 0.0491. The van der Waals surface area contributed by atoms with Gasteiger partial charge in [0.1, 0.15) is 5.75 Å². The third-order valence-corrected chi connectivity index (χ3v) is 11.5. The van der Waals surface area contributed by atoms with Gasteiger partial charge in [-0.25, -0.2) is 4.98 Å². The van der Waals surface area contributed by atoms with E-state index in [0.717, 1.165) is 4.90 Å². The number of allylic oxidation sites excluding steroid dienone is 2. The van der Waals surface area contributed by atoms with Gasteiger partial charge in [0.25, 0.3) is 11.8 Å². The first-order chi connectivity index (χ1) is 25.1. The third-order valence-electron chi connectivity index (χ3n) is 11.0. The van der Waals surface area contributed by atoms with Gasteiger partial charge in [0.05, 0.1) is 33.8 Å². The van der Waals surface area contributed by atoms with Gasteiger partial charge in [-0.05, 0) is 61.4 Å². The second kappa shape index (κ2) is 13.2. The Morgan fingerprint density at radius 1 is 1.04 bits per heavy atom. The molecule has 16 heteroatoms. The lowest BCUT2D eigenvalue weighted by molar-refractivity contribution is -0.142. The topological polar surface area (TPSA) is 157 Å². The minimum atomic E-state index is -4.77. The fourth-order valence-corrected chi connectivity index (χ4v) is 9.05. The molecule has 3 fully saturated rings. The summed E-state index contributed by atoms with van der Waals surface area (Å²) in [7, 11) is 0. The van der Waals surface area contributed by atoms with Crippen LogP contribution in [0, 0.1) is 30.6 Å². The number of aliphatic carboxylic acids is 1. The number of carboxylic acid groups (broad SMARTS) is 1. The molecular formula is C37H31Cl2F3N4O7. The fourth-order valence-electron chi connectivity index (χ4n) is 8.72. The van der Waals surface area contributed by atoms with Crippen molar-refractivity contribution in [2.75, 3.05) is 12.0 Å². The van der Waals surface area contributed by atoms with Crippen LogP contribution in [-0.4, -0.2) is 61.2 Å². The van der Waals surface area contributed by atoms with Crippen molar-refractivity contribution in [2.45, 2.75) is 50.1 Å². The van der Waals surface area contributed by atoms with E-state index < -0.39 is 87.2 Å². The Kier molecular flexibility index (Phi) is 9.05.